The summed E-state index contributed by atoms with van der Waals surface area (Å²) in [5.41, 5.74) is 1.52. The number of carbonyl (C=O) groups is 1. The SMILES string of the molecule is COc1ccc(Cl)cc1NC(=O)CSCc1cc(Cl)c2c(c1)OCCO2. The van der Waals surface area contributed by atoms with E-state index in [0.29, 0.717) is 51.9 Å². The van der Waals surface area contributed by atoms with Crippen LogP contribution >= 0.6 is 35.0 Å². The van der Waals surface area contributed by atoms with Gasteiger partial charge in [-0.25, -0.2) is 0 Å². The van der Waals surface area contributed by atoms with E-state index in [4.69, 9.17) is 37.4 Å². The molecule has 0 saturated heterocycles. The molecule has 0 aliphatic carbocycles. The Hall–Kier alpha value is -1.76. The van der Waals surface area contributed by atoms with E-state index in [2.05, 4.69) is 5.32 Å². The highest BCUT2D eigenvalue weighted by atomic mass is 35.5. The van der Waals surface area contributed by atoms with Gasteiger partial charge in [-0.15, -0.1) is 11.8 Å². The van der Waals surface area contributed by atoms with Crippen molar-refractivity contribution in [2.45, 2.75) is 5.75 Å². The van der Waals surface area contributed by atoms with Crippen molar-refractivity contribution in [3.8, 4) is 17.2 Å². The monoisotopic (exact) mass is 413 g/mol. The Morgan fingerprint density at radius 2 is 2.04 bits per heavy atom. The molecular weight excluding hydrogens is 397 g/mol. The number of halogens is 2. The molecule has 2 aromatic carbocycles. The van der Waals surface area contributed by atoms with Crippen molar-refractivity contribution in [2.24, 2.45) is 0 Å². The van der Waals surface area contributed by atoms with Crippen LogP contribution in [0.5, 0.6) is 17.2 Å². The Morgan fingerprint density at radius 1 is 1.23 bits per heavy atom. The summed E-state index contributed by atoms with van der Waals surface area (Å²) in [6.07, 6.45) is 0. The summed E-state index contributed by atoms with van der Waals surface area (Å²) in [4.78, 5) is 12.2. The number of anilines is 1. The van der Waals surface area contributed by atoms with Crippen LogP contribution < -0.4 is 19.5 Å². The lowest BCUT2D eigenvalue weighted by Crippen LogP contribution is -2.16. The number of rotatable bonds is 6. The number of hydrogen-bond donors (Lipinski definition) is 1. The first-order chi connectivity index (χ1) is 12.6. The molecule has 0 bridgehead atoms. The average Bonchev–Trinajstić information content (AvgIpc) is 2.62. The fourth-order valence-electron chi connectivity index (χ4n) is 2.47. The third kappa shape index (κ3) is 4.69. The zero-order chi connectivity index (χ0) is 18.5. The molecule has 0 aromatic heterocycles. The summed E-state index contributed by atoms with van der Waals surface area (Å²) in [6, 6.07) is 8.80. The summed E-state index contributed by atoms with van der Waals surface area (Å²) >= 11 is 13.7. The van der Waals surface area contributed by atoms with Crippen molar-refractivity contribution >= 4 is 46.6 Å². The van der Waals surface area contributed by atoms with E-state index in [0.717, 1.165) is 5.56 Å². The molecule has 0 spiro atoms. The van der Waals surface area contributed by atoms with Gasteiger partial charge >= 0.3 is 0 Å². The van der Waals surface area contributed by atoms with Crippen LogP contribution in [0.1, 0.15) is 5.56 Å². The predicted octanol–water partition coefficient (Wildman–Crippen LogP) is 4.65. The van der Waals surface area contributed by atoms with Gasteiger partial charge in [-0.3, -0.25) is 4.79 Å². The molecule has 8 heteroatoms. The lowest BCUT2D eigenvalue weighted by atomic mass is 10.2. The molecule has 0 fully saturated rings. The van der Waals surface area contributed by atoms with Gasteiger partial charge in [-0.05, 0) is 35.9 Å². The van der Waals surface area contributed by atoms with E-state index in [1.54, 1.807) is 25.3 Å². The number of fused-ring (bicyclic) bond motifs is 1. The zero-order valence-corrected chi connectivity index (χ0v) is 16.3. The van der Waals surface area contributed by atoms with Gasteiger partial charge in [0.1, 0.15) is 19.0 Å². The maximum absolute atomic E-state index is 12.2. The fourth-order valence-corrected chi connectivity index (χ4v) is 3.70. The summed E-state index contributed by atoms with van der Waals surface area (Å²) in [7, 11) is 1.54. The second kappa shape index (κ2) is 8.75. The third-order valence-corrected chi connectivity index (χ3v) is 5.11. The van der Waals surface area contributed by atoms with Crippen LogP contribution in [0.4, 0.5) is 5.69 Å². The molecule has 0 radical (unpaired) electrons. The van der Waals surface area contributed by atoms with E-state index in [9.17, 15) is 4.79 Å². The maximum Gasteiger partial charge on any atom is 0.234 e. The van der Waals surface area contributed by atoms with Crippen molar-refractivity contribution in [3.63, 3.8) is 0 Å². The summed E-state index contributed by atoms with van der Waals surface area (Å²) in [5, 5.41) is 3.86. The highest BCUT2D eigenvalue weighted by Gasteiger charge is 2.17. The number of ether oxygens (including phenoxy) is 3. The second-order valence-corrected chi connectivity index (χ2v) is 7.32. The number of hydrogen-bond acceptors (Lipinski definition) is 5. The van der Waals surface area contributed by atoms with Gasteiger partial charge in [0, 0.05) is 10.8 Å². The lowest BCUT2D eigenvalue weighted by Gasteiger charge is -2.20. The highest BCUT2D eigenvalue weighted by molar-refractivity contribution is 7.99. The molecular formula is C18H17Cl2NO4S. The summed E-state index contributed by atoms with van der Waals surface area (Å²) in [6.45, 7) is 0.998. The smallest absolute Gasteiger partial charge is 0.234 e. The molecule has 26 heavy (non-hydrogen) atoms. The van der Waals surface area contributed by atoms with Gasteiger partial charge < -0.3 is 19.5 Å². The van der Waals surface area contributed by atoms with E-state index in [-0.39, 0.29) is 11.7 Å². The van der Waals surface area contributed by atoms with E-state index >= 15 is 0 Å². The van der Waals surface area contributed by atoms with Crippen LogP contribution in [-0.4, -0.2) is 32.0 Å². The van der Waals surface area contributed by atoms with Crippen LogP contribution in [0.25, 0.3) is 0 Å². The molecule has 3 rings (SSSR count). The first kappa shape index (κ1) is 19.0. The maximum atomic E-state index is 12.2. The number of benzene rings is 2. The molecule has 5 nitrogen and oxygen atoms in total. The van der Waals surface area contributed by atoms with Gasteiger partial charge in [0.2, 0.25) is 5.91 Å². The van der Waals surface area contributed by atoms with Gasteiger partial charge in [0.25, 0.3) is 0 Å². The number of amides is 1. The Morgan fingerprint density at radius 3 is 2.85 bits per heavy atom. The minimum atomic E-state index is -0.140. The predicted molar refractivity (Wildman–Crippen MR) is 105 cm³/mol. The Balaban J connectivity index is 1.56. The van der Waals surface area contributed by atoms with Crippen LogP contribution in [0.2, 0.25) is 10.0 Å². The molecule has 0 saturated carbocycles. The Bertz CT molecular complexity index is 816. The van der Waals surface area contributed by atoms with Crippen molar-refractivity contribution < 1.29 is 19.0 Å². The number of nitrogens with one attached hydrogen (secondary N) is 1. The molecule has 1 N–H and O–H groups in total. The van der Waals surface area contributed by atoms with Crippen LogP contribution in [-0.2, 0) is 10.5 Å². The summed E-state index contributed by atoms with van der Waals surface area (Å²) < 4.78 is 16.3. The third-order valence-electron chi connectivity index (χ3n) is 3.59. The quantitative estimate of drug-likeness (QED) is 0.746. The molecule has 1 aliphatic heterocycles. The van der Waals surface area contributed by atoms with Crippen molar-refractivity contribution in [3.05, 3.63) is 45.9 Å². The molecule has 2 aromatic rings. The zero-order valence-electron chi connectivity index (χ0n) is 14.0. The van der Waals surface area contributed by atoms with Gasteiger partial charge in [0.05, 0.1) is 23.6 Å². The topological polar surface area (TPSA) is 56.8 Å². The Kier molecular flexibility index (Phi) is 6.40. The standard InChI is InChI=1S/C18H17Cl2NO4S/c1-23-15-3-2-12(19)8-14(15)21-17(22)10-26-9-11-6-13(20)18-16(7-11)24-4-5-25-18/h2-3,6-8H,4-5,9-10H2,1H3,(H,21,22). The second-order valence-electron chi connectivity index (χ2n) is 5.49. The highest BCUT2D eigenvalue weighted by Crippen LogP contribution is 2.39. The average molecular weight is 414 g/mol. The largest absolute Gasteiger partial charge is 0.495 e. The molecule has 1 amide bonds. The van der Waals surface area contributed by atoms with Gasteiger partial charge in [0.15, 0.2) is 11.5 Å². The minimum absolute atomic E-state index is 0.140. The lowest BCUT2D eigenvalue weighted by molar-refractivity contribution is -0.113. The molecule has 1 aliphatic rings. The number of thioether (sulfide) groups is 1. The first-order valence-electron chi connectivity index (χ1n) is 7.86. The van der Waals surface area contributed by atoms with Crippen LogP contribution in [0.15, 0.2) is 30.3 Å². The van der Waals surface area contributed by atoms with Crippen molar-refractivity contribution in [1.29, 1.82) is 0 Å². The van der Waals surface area contributed by atoms with E-state index in [1.807, 2.05) is 12.1 Å². The number of methoxy groups -OCH3 is 1. The number of carbonyl (C=O) groups excluding carboxylic acids is 1. The van der Waals surface area contributed by atoms with E-state index in [1.165, 1.54) is 11.8 Å². The molecule has 1 heterocycles. The molecule has 0 atom stereocenters. The molecule has 0 unspecified atom stereocenters. The minimum Gasteiger partial charge on any atom is -0.495 e. The van der Waals surface area contributed by atoms with Crippen LogP contribution in [0, 0.1) is 0 Å². The van der Waals surface area contributed by atoms with Crippen molar-refractivity contribution in [1.82, 2.24) is 0 Å². The van der Waals surface area contributed by atoms with Gasteiger partial charge in [-0.2, -0.15) is 0 Å². The molecule has 138 valence electrons. The Labute approximate surface area is 165 Å². The van der Waals surface area contributed by atoms with E-state index < -0.39 is 0 Å². The first-order valence-corrected chi connectivity index (χ1v) is 9.77. The normalized spacial score (nSPS) is 12.6. The summed E-state index contributed by atoms with van der Waals surface area (Å²) in [5.74, 6) is 2.55. The van der Waals surface area contributed by atoms with Crippen LogP contribution in [0.3, 0.4) is 0 Å². The van der Waals surface area contributed by atoms with Crippen molar-refractivity contribution in [2.75, 3.05) is 31.4 Å². The fraction of sp³-hybridized carbons (Fsp3) is 0.278. The van der Waals surface area contributed by atoms with Gasteiger partial charge in [-0.1, -0.05) is 23.2 Å².